The summed E-state index contributed by atoms with van der Waals surface area (Å²) in [6.07, 6.45) is 0.0587. The third-order valence-corrected chi connectivity index (χ3v) is 3.93. The van der Waals surface area contributed by atoms with E-state index in [2.05, 4.69) is 15.0 Å². The number of hydrogen-bond donors (Lipinski definition) is 1. The Labute approximate surface area is 140 Å². The summed E-state index contributed by atoms with van der Waals surface area (Å²) in [5.41, 5.74) is -0.345. The molecule has 25 heavy (non-hydrogen) atoms. The zero-order valence-corrected chi connectivity index (χ0v) is 13.1. The van der Waals surface area contributed by atoms with E-state index in [1.54, 1.807) is 0 Å². The Hall–Kier alpha value is -2.81. The van der Waals surface area contributed by atoms with Crippen molar-refractivity contribution < 1.29 is 17.9 Å². The van der Waals surface area contributed by atoms with Crippen LogP contribution in [0.5, 0.6) is 0 Å². The molecule has 4 rings (SSSR count). The number of aromatic amines is 1. The van der Waals surface area contributed by atoms with Gasteiger partial charge in [0.25, 0.3) is 5.56 Å². The average molecular weight is 348 g/mol. The van der Waals surface area contributed by atoms with Crippen LogP contribution in [0, 0.1) is 11.6 Å². The van der Waals surface area contributed by atoms with E-state index in [1.165, 1.54) is 12.1 Å². The summed E-state index contributed by atoms with van der Waals surface area (Å²) in [7, 11) is 0. The summed E-state index contributed by atoms with van der Waals surface area (Å²) < 4.78 is 37.6. The van der Waals surface area contributed by atoms with E-state index in [4.69, 9.17) is 9.15 Å². The Kier molecular flexibility index (Phi) is 3.92. The maximum Gasteiger partial charge on any atom is 0.252 e. The minimum absolute atomic E-state index is 0.0587. The lowest BCUT2D eigenvalue weighted by Gasteiger charge is -2.27. The van der Waals surface area contributed by atoms with Gasteiger partial charge in [0.15, 0.2) is 11.4 Å². The molecule has 1 aliphatic rings. The highest BCUT2D eigenvalue weighted by Gasteiger charge is 2.17. The summed E-state index contributed by atoms with van der Waals surface area (Å²) >= 11 is 0. The molecule has 3 aromatic rings. The van der Waals surface area contributed by atoms with Crippen molar-refractivity contribution in [1.29, 1.82) is 0 Å². The monoisotopic (exact) mass is 348 g/mol. The number of nitrogens with zero attached hydrogens (tertiary/aromatic N) is 3. The number of morpholine rings is 1. The number of benzene rings is 1. The van der Waals surface area contributed by atoms with Crippen LogP contribution in [-0.2, 0) is 11.2 Å². The Morgan fingerprint density at radius 1 is 1.20 bits per heavy atom. The van der Waals surface area contributed by atoms with E-state index >= 15 is 0 Å². The van der Waals surface area contributed by atoms with E-state index in [-0.39, 0.29) is 29.0 Å². The van der Waals surface area contributed by atoms with Gasteiger partial charge in [-0.1, -0.05) is 0 Å². The first-order valence-electron chi connectivity index (χ1n) is 7.76. The van der Waals surface area contributed by atoms with Crippen molar-refractivity contribution in [3.63, 3.8) is 0 Å². The van der Waals surface area contributed by atoms with Crippen LogP contribution >= 0.6 is 0 Å². The van der Waals surface area contributed by atoms with Crippen LogP contribution in [0.1, 0.15) is 11.7 Å². The quantitative estimate of drug-likeness (QED) is 0.774. The van der Waals surface area contributed by atoms with Crippen molar-refractivity contribution in [1.82, 2.24) is 15.0 Å². The lowest BCUT2D eigenvalue weighted by Crippen LogP contribution is -2.37. The van der Waals surface area contributed by atoms with E-state index in [1.807, 2.05) is 4.90 Å². The third-order valence-electron chi connectivity index (χ3n) is 3.93. The molecule has 0 aliphatic carbocycles. The molecule has 9 heteroatoms. The van der Waals surface area contributed by atoms with Crippen LogP contribution in [-0.4, -0.2) is 41.3 Å². The minimum Gasteiger partial charge on any atom is -0.437 e. The SMILES string of the molecule is O=c1cc(N2CCOCC2)nc(Cc2nc3ccc(F)c(F)c3o2)[nH]1. The van der Waals surface area contributed by atoms with Crippen LogP contribution < -0.4 is 10.5 Å². The number of nitrogens with one attached hydrogen (secondary N) is 1. The first kappa shape index (κ1) is 15.7. The van der Waals surface area contributed by atoms with Gasteiger partial charge in [-0.25, -0.2) is 14.4 Å². The second-order valence-electron chi connectivity index (χ2n) is 5.64. The summed E-state index contributed by atoms with van der Waals surface area (Å²) in [5.74, 6) is -1.07. The van der Waals surface area contributed by atoms with E-state index in [9.17, 15) is 13.6 Å². The van der Waals surface area contributed by atoms with Crippen molar-refractivity contribution in [2.45, 2.75) is 6.42 Å². The van der Waals surface area contributed by atoms with Gasteiger partial charge in [-0.3, -0.25) is 4.79 Å². The number of hydrogen-bond acceptors (Lipinski definition) is 6. The van der Waals surface area contributed by atoms with Crippen molar-refractivity contribution in [3.8, 4) is 0 Å². The Morgan fingerprint density at radius 3 is 2.80 bits per heavy atom. The number of fused-ring (bicyclic) bond motifs is 1. The molecule has 0 bridgehead atoms. The van der Waals surface area contributed by atoms with E-state index in [0.717, 1.165) is 6.07 Å². The summed E-state index contributed by atoms with van der Waals surface area (Å²) in [4.78, 5) is 25.0. The second-order valence-corrected chi connectivity index (χ2v) is 5.64. The molecule has 2 aromatic heterocycles. The molecule has 130 valence electrons. The first-order chi connectivity index (χ1) is 12.1. The predicted octanol–water partition coefficient (Wildman–Crippen LogP) is 1.62. The molecule has 0 saturated carbocycles. The predicted molar refractivity (Wildman–Crippen MR) is 84.6 cm³/mol. The summed E-state index contributed by atoms with van der Waals surface area (Å²) in [6.45, 7) is 2.42. The summed E-state index contributed by atoms with van der Waals surface area (Å²) in [6, 6.07) is 3.74. The fourth-order valence-electron chi connectivity index (χ4n) is 2.73. The van der Waals surface area contributed by atoms with Crippen LogP contribution in [0.25, 0.3) is 11.1 Å². The second kappa shape index (κ2) is 6.25. The van der Waals surface area contributed by atoms with Gasteiger partial charge in [-0.05, 0) is 12.1 Å². The summed E-state index contributed by atoms with van der Waals surface area (Å²) in [5, 5.41) is 0. The van der Waals surface area contributed by atoms with E-state index < -0.39 is 11.6 Å². The largest absolute Gasteiger partial charge is 0.437 e. The number of halogens is 2. The molecule has 1 N–H and O–H groups in total. The number of ether oxygens (including phenoxy) is 1. The van der Waals surface area contributed by atoms with Gasteiger partial charge in [0, 0.05) is 19.2 Å². The number of oxazole rings is 1. The molecule has 7 nitrogen and oxygen atoms in total. The van der Waals surface area contributed by atoms with Gasteiger partial charge in [0.05, 0.1) is 19.6 Å². The third kappa shape index (κ3) is 3.10. The molecule has 1 aromatic carbocycles. The molecule has 0 atom stereocenters. The normalized spacial score (nSPS) is 15.0. The van der Waals surface area contributed by atoms with Crippen LogP contribution in [0.4, 0.5) is 14.6 Å². The zero-order chi connectivity index (χ0) is 17.4. The van der Waals surface area contributed by atoms with Gasteiger partial charge in [0.2, 0.25) is 11.7 Å². The Bertz CT molecular complexity index is 979. The number of H-pyrrole nitrogens is 1. The van der Waals surface area contributed by atoms with Crippen molar-refractivity contribution >= 4 is 16.9 Å². The van der Waals surface area contributed by atoms with Gasteiger partial charge in [0.1, 0.15) is 17.2 Å². The van der Waals surface area contributed by atoms with Gasteiger partial charge < -0.3 is 19.0 Å². The standard InChI is InChI=1S/C16H14F2N4O3/c17-9-1-2-10-16(15(9)18)25-14(19-10)7-11-20-12(8-13(23)21-11)22-3-5-24-6-4-22/h1-2,8H,3-7H2,(H,20,21,23). The average Bonchev–Trinajstić information content (AvgIpc) is 3.02. The molecule has 1 aliphatic heterocycles. The van der Waals surface area contributed by atoms with Gasteiger partial charge in [-0.2, -0.15) is 4.39 Å². The van der Waals surface area contributed by atoms with Crippen LogP contribution in [0.15, 0.2) is 27.4 Å². The molecule has 0 spiro atoms. The molecule has 0 unspecified atom stereocenters. The molecule has 0 radical (unpaired) electrons. The molecular formula is C16H14F2N4O3. The van der Waals surface area contributed by atoms with Crippen molar-refractivity contribution in [2.24, 2.45) is 0 Å². The minimum atomic E-state index is -1.08. The highest BCUT2D eigenvalue weighted by atomic mass is 19.2. The topological polar surface area (TPSA) is 84.2 Å². The van der Waals surface area contributed by atoms with Crippen LogP contribution in [0.2, 0.25) is 0 Å². The maximum absolute atomic E-state index is 13.7. The fourth-order valence-corrected chi connectivity index (χ4v) is 2.73. The lowest BCUT2D eigenvalue weighted by atomic mass is 10.3. The smallest absolute Gasteiger partial charge is 0.252 e. The molecule has 0 amide bonds. The maximum atomic E-state index is 13.7. The van der Waals surface area contributed by atoms with Gasteiger partial charge in [-0.15, -0.1) is 0 Å². The number of rotatable bonds is 3. The Balaban J connectivity index is 1.65. The number of anilines is 1. The van der Waals surface area contributed by atoms with Gasteiger partial charge >= 0.3 is 0 Å². The van der Waals surface area contributed by atoms with Crippen molar-refractivity contribution in [2.75, 3.05) is 31.2 Å². The molecule has 1 fully saturated rings. The van der Waals surface area contributed by atoms with Crippen molar-refractivity contribution in [3.05, 3.63) is 51.9 Å². The first-order valence-corrected chi connectivity index (χ1v) is 7.76. The lowest BCUT2D eigenvalue weighted by molar-refractivity contribution is 0.122. The molecular weight excluding hydrogens is 334 g/mol. The van der Waals surface area contributed by atoms with E-state index in [0.29, 0.717) is 37.9 Å². The Morgan fingerprint density at radius 2 is 2.00 bits per heavy atom. The number of aromatic nitrogens is 3. The highest BCUT2D eigenvalue weighted by molar-refractivity contribution is 5.73. The highest BCUT2D eigenvalue weighted by Crippen LogP contribution is 2.22. The zero-order valence-electron chi connectivity index (χ0n) is 13.1. The molecule has 3 heterocycles. The van der Waals surface area contributed by atoms with Crippen LogP contribution in [0.3, 0.4) is 0 Å². The molecule has 1 saturated heterocycles. The fraction of sp³-hybridized carbons (Fsp3) is 0.312.